The third-order valence-corrected chi connectivity index (χ3v) is 12.8. The number of aliphatic hydroxyl groups is 7. The highest BCUT2D eigenvalue weighted by molar-refractivity contribution is 5.70. The van der Waals surface area contributed by atoms with Crippen LogP contribution in [0.25, 0.3) is 0 Å². The lowest BCUT2D eigenvalue weighted by Crippen LogP contribution is -2.61. The van der Waals surface area contributed by atoms with Crippen molar-refractivity contribution in [3.05, 3.63) is 72.9 Å². The molecule has 2 aliphatic rings. The minimum absolute atomic E-state index is 0.114. The van der Waals surface area contributed by atoms with E-state index in [1.165, 1.54) is 77.0 Å². The highest BCUT2D eigenvalue weighted by atomic mass is 16.7. The molecule has 11 atom stereocenters. The molecule has 72 heavy (non-hydrogen) atoms. The zero-order chi connectivity index (χ0) is 52.4. The Morgan fingerprint density at radius 3 is 1.50 bits per heavy atom. The maximum absolute atomic E-state index is 13.0. The minimum atomic E-state index is -1.78. The van der Waals surface area contributed by atoms with E-state index < -0.39 is 99.3 Å². The Bertz CT molecular complexity index is 1530. The van der Waals surface area contributed by atoms with Crippen molar-refractivity contribution >= 4 is 11.9 Å². The van der Waals surface area contributed by atoms with Crippen LogP contribution in [0.2, 0.25) is 0 Å². The fourth-order valence-corrected chi connectivity index (χ4v) is 8.26. The van der Waals surface area contributed by atoms with Gasteiger partial charge in [-0.25, -0.2) is 0 Å². The molecule has 7 N–H and O–H groups in total. The Hall–Kier alpha value is -3.06. The molecule has 0 aromatic rings. The van der Waals surface area contributed by atoms with E-state index in [4.69, 9.17) is 28.4 Å². The van der Waals surface area contributed by atoms with Gasteiger partial charge < -0.3 is 64.2 Å². The molecule has 0 aliphatic carbocycles. The van der Waals surface area contributed by atoms with Gasteiger partial charge in [-0.05, 0) is 64.2 Å². The fraction of sp³-hybridized carbons (Fsp3) is 0.754. The Kier molecular flexibility index (Phi) is 39.0. The Morgan fingerprint density at radius 2 is 0.931 bits per heavy atom. The number of esters is 2. The zero-order valence-corrected chi connectivity index (χ0v) is 43.9. The number of carbonyl (C=O) groups is 2. The van der Waals surface area contributed by atoms with Gasteiger partial charge in [-0.15, -0.1) is 0 Å². The summed E-state index contributed by atoms with van der Waals surface area (Å²) in [4.78, 5) is 25.8. The lowest BCUT2D eigenvalue weighted by molar-refractivity contribution is -0.332. The molecule has 0 aromatic carbocycles. The van der Waals surface area contributed by atoms with Gasteiger partial charge in [-0.1, -0.05) is 177 Å². The second kappa shape index (κ2) is 43.2. The lowest BCUT2D eigenvalue weighted by Gasteiger charge is -2.42. The summed E-state index contributed by atoms with van der Waals surface area (Å²) in [5.41, 5.74) is 0. The molecule has 0 amide bonds. The van der Waals surface area contributed by atoms with E-state index >= 15 is 0 Å². The van der Waals surface area contributed by atoms with Crippen LogP contribution in [0.4, 0.5) is 0 Å². The van der Waals surface area contributed by atoms with Gasteiger partial charge in [0, 0.05) is 12.8 Å². The molecule has 414 valence electrons. The minimum Gasteiger partial charge on any atom is -0.462 e. The van der Waals surface area contributed by atoms with Gasteiger partial charge in [-0.2, -0.15) is 0 Å². The third kappa shape index (κ3) is 30.3. The summed E-state index contributed by atoms with van der Waals surface area (Å²) >= 11 is 0. The van der Waals surface area contributed by atoms with Crippen molar-refractivity contribution in [3.63, 3.8) is 0 Å². The molecule has 5 unspecified atom stereocenters. The molecule has 0 radical (unpaired) electrons. The van der Waals surface area contributed by atoms with E-state index in [9.17, 15) is 45.3 Å². The van der Waals surface area contributed by atoms with Crippen molar-refractivity contribution in [3.8, 4) is 0 Å². The van der Waals surface area contributed by atoms with Gasteiger partial charge in [0.25, 0.3) is 0 Å². The summed E-state index contributed by atoms with van der Waals surface area (Å²) in [6.07, 6.45) is 35.1. The van der Waals surface area contributed by atoms with Crippen LogP contribution in [0.5, 0.6) is 0 Å². The van der Waals surface area contributed by atoms with Crippen LogP contribution in [0.1, 0.15) is 181 Å². The topological polar surface area (TPSA) is 231 Å². The van der Waals surface area contributed by atoms with Crippen LogP contribution >= 0.6 is 0 Å². The molecule has 0 spiro atoms. The largest absolute Gasteiger partial charge is 0.462 e. The first-order valence-electron chi connectivity index (χ1n) is 27.6. The number of allylic oxidation sites excluding steroid dienone is 12. The first kappa shape index (κ1) is 65.1. The summed E-state index contributed by atoms with van der Waals surface area (Å²) in [5.74, 6) is -0.984. The van der Waals surface area contributed by atoms with Gasteiger partial charge in [0.05, 0.1) is 19.8 Å². The van der Waals surface area contributed by atoms with Crippen molar-refractivity contribution in [2.24, 2.45) is 0 Å². The highest BCUT2D eigenvalue weighted by Crippen LogP contribution is 2.26. The summed E-state index contributed by atoms with van der Waals surface area (Å²) in [6.45, 7) is 2.39. The van der Waals surface area contributed by atoms with Crippen LogP contribution in [-0.2, 0) is 38.0 Å². The first-order chi connectivity index (χ1) is 35.0. The van der Waals surface area contributed by atoms with Crippen LogP contribution in [0.3, 0.4) is 0 Å². The molecule has 15 heteroatoms. The zero-order valence-electron chi connectivity index (χ0n) is 43.9. The smallest absolute Gasteiger partial charge is 0.306 e. The summed E-state index contributed by atoms with van der Waals surface area (Å²) in [5, 5.41) is 72.1. The standard InChI is InChI=1S/C57H96O15/c1-3-5-7-9-11-13-15-17-18-19-20-21-22-23-24-25-26-28-29-31-33-35-37-39-48(59)67-42-45(70-49(60)40-38-36-34-32-30-27-16-14-12-10-8-6-4-2)43-68-56-55(66)53(64)51(62)47(72-56)44-69-57-54(65)52(63)50(61)46(41-58)71-57/h6,8,10,12,14,16,20-21,23-24,27,30,45-47,50-58,61-66H,3-5,7,9,11,13,15,17-19,22,25-26,28-29,31-44H2,1-2H3/b8-6+,12-10+,16-14+,21-20+,24-23+,30-27+/t45?,46-,47-,50+,51+,52?,53?,54?,55?,56-,57-/m1/s1. The van der Waals surface area contributed by atoms with E-state index in [-0.39, 0.29) is 19.4 Å². The Labute approximate surface area is 432 Å². The van der Waals surface area contributed by atoms with E-state index in [0.717, 1.165) is 64.2 Å². The van der Waals surface area contributed by atoms with E-state index in [2.05, 4.69) is 50.3 Å². The molecular formula is C57H96O15. The third-order valence-electron chi connectivity index (χ3n) is 12.8. The predicted octanol–water partition coefficient (Wildman–Crippen LogP) is 8.60. The maximum atomic E-state index is 13.0. The van der Waals surface area contributed by atoms with Crippen LogP contribution < -0.4 is 0 Å². The van der Waals surface area contributed by atoms with Gasteiger partial charge in [0.2, 0.25) is 0 Å². The molecule has 2 heterocycles. The lowest BCUT2D eigenvalue weighted by atomic mass is 9.98. The normalized spacial score (nSPS) is 25.6. The van der Waals surface area contributed by atoms with Gasteiger partial charge in [0.1, 0.15) is 55.4 Å². The summed E-state index contributed by atoms with van der Waals surface area (Å²) in [7, 11) is 0. The van der Waals surface area contributed by atoms with Crippen molar-refractivity contribution in [2.75, 3.05) is 26.4 Å². The highest BCUT2D eigenvalue weighted by Gasteiger charge is 2.47. The van der Waals surface area contributed by atoms with Crippen molar-refractivity contribution in [2.45, 2.75) is 248 Å². The predicted molar refractivity (Wildman–Crippen MR) is 279 cm³/mol. The Morgan fingerprint density at radius 1 is 0.472 bits per heavy atom. The van der Waals surface area contributed by atoms with Crippen LogP contribution in [-0.4, -0.2) is 142 Å². The van der Waals surface area contributed by atoms with Crippen LogP contribution in [0.15, 0.2) is 72.9 Å². The van der Waals surface area contributed by atoms with Crippen molar-refractivity contribution < 1.29 is 73.8 Å². The number of aliphatic hydroxyl groups excluding tert-OH is 7. The molecule has 15 nitrogen and oxygen atoms in total. The monoisotopic (exact) mass is 1020 g/mol. The van der Waals surface area contributed by atoms with E-state index in [1.54, 1.807) is 0 Å². The number of unbranched alkanes of at least 4 members (excludes halogenated alkanes) is 19. The van der Waals surface area contributed by atoms with Gasteiger partial charge in [-0.3, -0.25) is 9.59 Å². The second-order valence-corrected chi connectivity index (χ2v) is 19.1. The summed E-state index contributed by atoms with van der Waals surface area (Å²) < 4.78 is 33.5. The Balaban J connectivity index is 1.76. The summed E-state index contributed by atoms with van der Waals surface area (Å²) in [6, 6.07) is 0. The average molecular weight is 1020 g/mol. The SMILES string of the molecule is CC/C=C/C=C/C=C/C=C/CCCCCC(=O)OC(COC(=O)CCCCCCCCC/C=C/C/C=C/CCCCCCCCCCC)CO[C@@H]1O[C@H](CO[C@@H]2O[C@H](CO)[C@H](O)C(O)C2O)[C@H](O)C(O)C1O. The molecule has 0 aromatic heterocycles. The molecule has 2 saturated heterocycles. The van der Waals surface area contributed by atoms with Gasteiger partial charge >= 0.3 is 11.9 Å². The van der Waals surface area contributed by atoms with E-state index in [1.807, 2.05) is 36.5 Å². The second-order valence-electron chi connectivity index (χ2n) is 19.1. The molecule has 0 saturated carbocycles. The maximum Gasteiger partial charge on any atom is 0.306 e. The fourth-order valence-electron chi connectivity index (χ4n) is 8.26. The average Bonchev–Trinajstić information content (AvgIpc) is 3.37. The quantitative estimate of drug-likeness (QED) is 0.0131. The van der Waals surface area contributed by atoms with E-state index in [0.29, 0.717) is 12.8 Å². The van der Waals surface area contributed by atoms with Crippen molar-refractivity contribution in [1.82, 2.24) is 0 Å². The first-order valence-corrected chi connectivity index (χ1v) is 27.6. The van der Waals surface area contributed by atoms with Crippen molar-refractivity contribution in [1.29, 1.82) is 0 Å². The number of carbonyl (C=O) groups excluding carboxylic acids is 2. The number of hydrogen-bond acceptors (Lipinski definition) is 15. The molecule has 2 aliphatic heterocycles. The number of ether oxygens (including phenoxy) is 6. The number of rotatable bonds is 42. The molecule has 2 fully saturated rings. The molecular weight excluding hydrogens is 925 g/mol. The molecule has 2 rings (SSSR count). The molecule has 0 bridgehead atoms. The number of hydrogen-bond donors (Lipinski definition) is 7. The van der Waals surface area contributed by atoms with Crippen LogP contribution in [0, 0.1) is 0 Å². The van der Waals surface area contributed by atoms with Gasteiger partial charge in [0.15, 0.2) is 18.7 Å².